The molecule has 0 spiro atoms. The van der Waals surface area contributed by atoms with Crippen molar-refractivity contribution in [3.63, 3.8) is 0 Å². The SMILES string of the molecule is CC(C)(C)OC(=O)N1CC([C@H]2CCCN(CC(N)S(=O)(=O)O)C2)C1. The molecule has 2 rings (SSSR count). The third-order valence-corrected chi connectivity index (χ3v) is 5.51. The molecule has 2 aliphatic heterocycles. The molecule has 9 heteroatoms. The first-order valence-electron chi connectivity index (χ1n) is 8.38. The minimum atomic E-state index is -4.20. The Morgan fingerprint density at radius 2 is 1.92 bits per heavy atom. The molecule has 0 aromatic carbocycles. The lowest BCUT2D eigenvalue weighted by Gasteiger charge is -2.46. The molecular formula is C15H29N3O5S. The molecule has 2 aliphatic rings. The molecule has 0 radical (unpaired) electrons. The van der Waals surface area contributed by atoms with E-state index in [0.717, 1.165) is 25.9 Å². The maximum atomic E-state index is 12.0. The lowest BCUT2D eigenvalue weighted by Crippen LogP contribution is -2.57. The topological polar surface area (TPSA) is 113 Å². The van der Waals surface area contributed by atoms with Crippen molar-refractivity contribution >= 4 is 16.2 Å². The monoisotopic (exact) mass is 363 g/mol. The van der Waals surface area contributed by atoms with Crippen LogP contribution in [0.3, 0.4) is 0 Å². The van der Waals surface area contributed by atoms with Gasteiger partial charge in [-0.1, -0.05) is 0 Å². The summed E-state index contributed by atoms with van der Waals surface area (Å²) < 4.78 is 36.5. The van der Waals surface area contributed by atoms with Crippen LogP contribution >= 0.6 is 0 Å². The summed E-state index contributed by atoms with van der Waals surface area (Å²) in [7, 11) is -4.20. The third kappa shape index (κ3) is 5.30. The van der Waals surface area contributed by atoms with E-state index in [1.54, 1.807) is 4.90 Å². The van der Waals surface area contributed by atoms with Gasteiger partial charge < -0.3 is 20.3 Å². The van der Waals surface area contributed by atoms with E-state index in [4.69, 9.17) is 15.0 Å². The van der Waals surface area contributed by atoms with Gasteiger partial charge in [0, 0.05) is 26.2 Å². The number of hydrogen-bond acceptors (Lipinski definition) is 6. The summed E-state index contributed by atoms with van der Waals surface area (Å²) >= 11 is 0. The Balaban J connectivity index is 1.79. The van der Waals surface area contributed by atoms with E-state index in [2.05, 4.69) is 0 Å². The van der Waals surface area contributed by atoms with Crippen LogP contribution in [0, 0.1) is 11.8 Å². The maximum Gasteiger partial charge on any atom is 0.410 e. The first kappa shape index (κ1) is 19.4. The fraction of sp³-hybridized carbons (Fsp3) is 0.933. The van der Waals surface area contributed by atoms with Crippen LogP contribution < -0.4 is 5.73 Å². The highest BCUT2D eigenvalue weighted by Crippen LogP contribution is 2.31. The van der Waals surface area contributed by atoms with E-state index in [9.17, 15) is 13.2 Å². The number of piperidine rings is 1. The summed E-state index contributed by atoms with van der Waals surface area (Å²) in [5, 5.41) is -1.27. The standard InChI is InChI=1S/C15H29N3O5S/c1-15(2,3)23-14(19)18-8-12(9-18)11-5-4-6-17(7-11)10-13(16)24(20,21)22/h11-13H,4-10,16H2,1-3H3,(H,20,21,22)/t11-,13?/m0/s1. The zero-order valence-corrected chi connectivity index (χ0v) is 15.5. The second-order valence-corrected chi connectivity index (χ2v) is 9.50. The van der Waals surface area contributed by atoms with E-state index in [0.29, 0.717) is 24.9 Å². The number of carbonyl (C=O) groups excluding carboxylic acids is 1. The first-order valence-corrected chi connectivity index (χ1v) is 9.88. The van der Waals surface area contributed by atoms with Gasteiger partial charge in [-0.05, 0) is 52.0 Å². The van der Waals surface area contributed by atoms with Gasteiger partial charge in [-0.3, -0.25) is 4.55 Å². The minimum absolute atomic E-state index is 0.137. The van der Waals surface area contributed by atoms with Crippen molar-refractivity contribution in [2.24, 2.45) is 17.6 Å². The van der Waals surface area contributed by atoms with Crippen molar-refractivity contribution in [3.8, 4) is 0 Å². The zero-order valence-electron chi connectivity index (χ0n) is 14.6. The maximum absolute atomic E-state index is 12.0. The van der Waals surface area contributed by atoms with Crippen molar-refractivity contribution in [1.29, 1.82) is 0 Å². The lowest BCUT2D eigenvalue weighted by molar-refractivity contribution is -0.0195. The Labute approximate surface area is 144 Å². The Bertz CT molecular complexity index is 554. The quantitative estimate of drug-likeness (QED) is 0.708. The van der Waals surface area contributed by atoms with E-state index in [1.807, 2.05) is 25.7 Å². The summed E-state index contributed by atoms with van der Waals surface area (Å²) in [6.07, 6.45) is 1.75. The predicted octanol–water partition coefficient (Wildman–Crippen LogP) is 0.738. The van der Waals surface area contributed by atoms with Crippen LogP contribution in [-0.4, -0.2) is 72.6 Å². The van der Waals surface area contributed by atoms with Crippen LogP contribution in [-0.2, 0) is 14.9 Å². The highest BCUT2D eigenvalue weighted by atomic mass is 32.2. The fourth-order valence-corrected chi connectivity index (χ4v) is 3.68. The average molecular weight is 363 g/mol. The van der Waals surface area contributed by atoms with Crippen molar-refractivity contribution in [3.05, 3.63) is 0 Å². The molecule has 8 nitrogen and oxygen atoms in total. The van der Waals surface area contributed by atoms with E-state index in [1.165, 1.54) is 0 Å². The Hall–Kier alpha value is -0.900. The summed E-state index contributed by atoms with van der Waals surface area (Å²) in [4.78, 5) is 15.7. The second-order valence-electron chi connectivity index (χ2n) is 7.86. The van der Waals surface area contributed by atoms with Gasteiger partial charge in [-0.25, -0.2) is 4.79 Å². The number of likely N-dealkylation sites (tertiary alicyclic amines) is 2. The van der Waals surface area contributed by atoms with E-state index in [-0.39, 0.29) is 12.6 Å². The molecule has 2 atom stereocenters. The summed E-state index contributed by atoms with van der Waals surface area (Å²) in [5.41, 5.74) is 5.03. The summed E-state index contributed by atoms with van der Waals surface area (Å²) in [5.74, 6) is 0.813. The van der Waals surface area contributed by atoms with Crippen molar-refractivity contribution in [2.75, 3.05) is 32.7 Å². The largest absolute Gasteiger partial charge is 0.444 e. The van der Waals surface area contributed by atoms with Gasteiger partial charge in [-0.2, -0.15) is 8.42 Å². The number of amides is 1. The fourth-order valence-electron chi connectivity index (χ4n) is 3.28. The molecule has 2 heterocycles. The van der Waals surface area contributed by atoms with Gasteiger partial charge >= 0.3 is 6.09 Å². The van der Waals surface area contributed by atoms with Crippen molar-refractivity contribution < 1.29 is 22.5 Å². The number of nitrogens with two attached hydrogens (primary N) is 1. The smallest absolute Gasteiger partial charge is 0.410 e. The van der Waals surface area contributed by atoms with Crippen molar-refractivity contribution in [2.45, 2.75) is 44.6 Å². The number of nitrogens with zero attached hydrogens (tertiary/aromatic N) is 2. The van der Waals surface area contributed by atoms with Crippen LogP contribution in [0.2, 0.25) is 0 Å². The Kier molecular flexibility index (Phi) is 5.79. The number of carbonyl (C=O) groups is 1. The van der Waals surface area contributed by atoms with Crippen LogP contribution in [0.15, 0.2) is 0 Å². The van der Waals surface area contributed by atoms with Gasteiger partial charge in [0.05, 0.1) is 0 Å². The van der Waals surface area contributed by atoms with Gasteiger partial charge in [0.2, 0.25) is 0 Å². The molecule has 2 fully saturated rings. The first-order chi connectivity index (χ1) is 11.0. The highest BCUT2D eigenvalue weighted by Gasteiger charge is 2.39. The van der Waals surface area contributed by atoms with Gasteiger partial charge in [0.15, 0.2) is 0 Å². The number of rotatable bonds is 4. The molecule has 0 aromatic heterocycles. The predicted molar refractivity (Wildman–Crippen MR) is 90.0 cm³/mol. The van der Waals surface area contributed by atoms with Crippen molar-refractivity contribution in [1.82, 2.24) is 9.80 Å². The molecule has 2 saturated heterocycles. The number of ether oxygens (including phenoxy) is 1. The van der Waals surface area contributed by atoms with Crippen LogP contribution in [0.5, 0.6) is 0 Å². The number of hydrogen-bond donors (Lipinski definition) is 2. The van der Waals surface area contributed by atoms with Gasteiger partial charge in [-0.15, -0.1) is 0 Å². The molecule has 0 saturated carbocycles. The molecule has 1 unspecified atom stereocenters. The Morgan fingerprint density at radius 1 is 1.29 bits per heavy atom. The van der Waals surface area contributed by atoms with Crippen LogP contribution in [0.25, 0.3) is 0 Å². The zero-order chi connectivity index (χ0) is 18.1. The molecule has 3 N–H and O–H groups in total. The van der Waals surface area contributed by atoms with Crippen LogP contribution in [0.4, 0.5) is 4.79 Å². The van der Waals surface area contributed by atoms with Crippen LogP contribution in [0.1, 0.15) is 33.6 Å². The summed E-state index contributed by atoms with van der Waals surface area (Å²) in [6.45, 7) is 8.56. The molecule has 0 bridgehead atoms. The molecule has 1 amide bonds. The molecule has 0 aliphatic carbocycles. The van der Waals surface area contributed by atoms with E-state index < -0.39 is 21.1 Å². The second kappa shape index (κ2) is 7.15. The molecule has 24 heavy (non-hydrogen) atoms. The minimum Gasteiger partial charge on any atom is -0.444 e. The normalized spacial score (nSPS) is 25.2. The van der Waals surface area contributed by atoms with E-state index >= 15 is 0 Å². The molecule has 0 aromatic rings. The third-order valence-electron chi connectivity index (χ3n) is 4.59. The highest BCUT2D eigenvalue weighted by molar-refractivity contribution is 7.86. The summed E-state index contributed by atoms with van der Waals surface area (Å²) in [6, 6.07) is 0. The molecular weight excluding hydrogens is 334 g/mol. The van der Waals surface area contributed by atoms with Gasteiger partial charge in [0.25, 0.3) is 10.1 Å². The average Bonchev–Trinajstić information content (AvgIpc) is 2.33. The lowest BCUT2D eigenvalue weighted by atomic mass is 9.81. The molecule has 140 valence electrons. The Morgan fingerprint density at radius 3 is 2.46 bits per heavy atom. The van der Waals surface area contributed by atoms with Gasteiger partial charge in [0.1, 0.15) is 11.0 Å².